The lowest BCUT2D eigenvalue weighted by molar-refractivity contribution is 0.245. The first-order valence-electron chi connectivity index (χ1n) is 6.76. The molecular formula is C17H19BrClN. The molecule has 0 radical (unpaired) electrons. The number of halogens is 2. The van der Waals surface area contributed by atoms with Crippen LogP contribution < -0.4 is 0 Å². The average Bonchev–Trinajstić information content (AvgIpc) is 2.39. The molecule has 0 spiro atoms. The largest absolute Gasteiger partial charge is 0.294 e. The number of rotatable bonds is 2. The summed E-state index contributed by atoms with van der Waals surface area (Å²) in [5.74, 6) is 0. The van der Waals surface area contributed by atoms with Gasteiger partial charge in [0.15, 0.2) is 0 Å². The number of hydrogen-bond acceptors (Lipinski definition) is 1. The van der Waals surface area contributed by atoms with Gasteiger partial charge in [-0.15, -0.1) is 12.4 Å². The molecule has 1 aliphatic heterocycles. The molecule has 0 aliphatic carbocycles. The third-order valence-electron chi connectivity index (χ3n) is 3.78. The topological polar surface area (TPSA) is 3.24 Å². The van der Waals surface area contributed by atoms with E-state index in [1.54, 1.807) is 0 Å². The molecule has 0 atom stereocenters. The number of benzene rings is 2. The monoisotopic (exact) mass is 351 g/mol. The van der Waals surface area contributed by atoms with Gasteiger partial charge in [0, 0.05) is 24.1 Å². The predicted octanol–water partition coefficient (Wildman–Crippen LogP) is 4.74. The molecule has 0 bridgehead atoms. The van der Waals surface area contributed by atoms with Crippen LogP contribution in [0.25, 0.3) is 0 Å². The summed E-state index contributed by atoms with van der Waals surface area (Å²) in [5, 5.41) is 0. The van der Waals surface area contributed by atoms with Crippen LogP contribution in [0.15, 0.2) is 46.9 Å². The second-order valence-electron chi connectivity index (χ2n) is 5.33. The van der Waals surface area contributed by atoms with Crippen LogP contribution in [0.1, 0.15) is 22.3 Å². The van der Waals surface area contributed by atoms with Crippen LogP contribution in [0.5, 0.6) is 0 Å². The third-order valence-corrected chi connectivity index (χ3v) is 4.52. The first-order valence-corrected chi connectivity index (χ1v) is 7.56. The zero-order chi connectivity index (χ0) is 13.2. The standard InChI is InChI=1S/C17H18BrN.ClH/c1-13-4-2-5-14(10-13)11-19-9-8-16-15(12-19)6-3-7-17(16)18;/h2-7,10H,8-9,11-12H2,1H3;1H. The van der Waals surface area contributed by atoms with Gasteiger partial charge >= 0.3 is 0 Å². The Labute approximate surface area is 135 Å². The van der Waals surface area contributed by atoms with Crippen LogP contribution >= 0.6 is 28.3 Å². The minimum Gasteiger partial charge on any atom is -0.294 e. The van der Waals surface area contributed by atoms with Crippen LogP contribution in [-0.2, 0) is 19.5 Å². The van der Waals surface area contributed by atoms with Crippen molar-refractivity contribution in [3.05, 3.63) is 69.2 Å². The van der Waals surface area contributed by atoms with Crippen LogP contribution in [0.2, 0.25) is 0 Å². The van der Waals surface area contributed by atoms with Gasteiger partial charge in [-0.05, 0) is 36.1 Å². The minimum absolute atomic E-state index is 0. The lowest BCUT2D eigenvalue weighted by Crippen LogP contribution is -2.30. The average molecular weight is 353 g/mol. The molecule has 0 aromatic heterocycles. The number of nitrogens with zero attached hydrogens (tertiary/aromatic N) is 1. The first-order chi connectivity index (χ1) is 9.22. The van der Waals surface area contributed by atoms with Gasteiger partial charge in [-0.2, -0.15) is 0 Å². The van der Waals surface area contributed by atoms with Gasteiger partial charge in [0.05, 0.1) is 0 Å². The normalized spacial score (nSPS) is 14.5. The summed E-state index contributed by atoms with van der Waals surface area (Å²) in [6.07, 6.45) is 1.14. The molecule has 0 N–H and O–H groups in total. The molecule has 0 amide bonds. The van der Waals surface area contributed by atoms with E-state index >= 15 is 0 Å². The van der Waals surface area contributed by atoms with Crippen molar-refractivity contribution in [3.63, 3.8) is 0 Å². The van der Waals surface area contributed by atoms with E-state index in [9.17, 15) is 0 Å². The quantitative estimate of drug-likeness (QED) is 0.754. The molecule has 3 rings (SSSR count). The first kappa shape index (κ1) is 15.6. The number of aryl methyl sites for hydroxylation is 1. The fourth-order valence-corrected chi connectivity index (χ4v) is 3.43. The van der Waals surface area contributed by atoms with E-state index in [-0.39, 0.29) is 12.4 Å². The molecule has 0 unspecified atom stereocenters. The van der Waals surface area contributed by atoms with Crippen LogP contribution in [0, 0.1) is 6.92 Å². The Morgan fingerprint density at radius 2 is 1.95 bits per heavy atom. The molecule has 2 aromatic carbocycles. The molecule has 3 heteroatoms. The summed E-state index contributed by atoms with van der Waals surface area (Å²) in [4.78, 5) is 2.53. The molecule has 1 aliphatic rings. The Morgan fingerprint density at radius 3 is 2.75 bits per heavy atom. The maximum Gasteiger partial charge on any atom is 0.0240 e. The van der Waals surface area contributed by atoms with E-state index < -0.39 is 0 Å². The molecule has 2 aromatic rings. The van der Waals surface area contributed by atoms with Crippen molar-refractivity contribution in [1.82, 2.24) is 4.90 Å². The molecule has 0 fully saturated rings. The maximum absolute atomic E-state index is 3.66. The Bertz CT molecular complexity index is 597. The fraction of sp³-hybridized carbons (Fsp3) is 0.294. The summed E-state index contributed by atoms with van der Waals surface area (Å²) in [6, 6.07) is 15.4. The van der Waals surface area contributed by atoms with E-state index in [4.69, 9.17) is 0 Å². The molecule has 1 heterocycles. The van der Waals surface area contributed by atoms with Crippen molar-refractivity contribution in [3.8, 4) is 0 Å². The van der Waals surface area contributed by atoms with E-state index in [0.717, 1.165) is 26.1 Å². The Kier molecular flexibility index (Phi) is 5.25. The number of hydrogen-bond donors (Lipinski definition) is 0. The van der Waals surface area contributed by atoms with Gasteiger partial charge in [-0.25, -0.2) is 0 Å². The van der Waals surface area contributed by atoms with E-state index in [1.807, 2.05) is 0 Å². The summed E-state index contributed by atoms with van der Waals surface area (Å²) >= 11 is 3.66. The van der Waals surface area contributed by atoms with Crippen molar-refractivity contribution in [2.45, 2.75) is 26.4 Å². The number of fused-ring (bicyclic) bond motifs is 1. The van der Waals surface area contributed by atoms with Gasteiger partial charge in [-0.1, -0.05) is 57.9 Å². The summed E-state index contributed by atoms with van der Waals surface area (Å²) in [5.41, 5.74) is 5.72. The SMILES string of the molecule is Cc1cccc(CN2CCc3c(Br)cccc3C2)c1.Cl. The van der Waals surface area contributed by atoms with Gasteiger partial charge < -0.3 is 0 Å². The third kappa shape index (κ3) is 3.43. The Morgan fingerprint density at radius 1 is 1.15 bits per heavy atom. The summed E-state index contributed by atoms with van der Waals surface area (Å²) in [6.45, 7) is 5.41. The Balaban J connectivity index is 0.00000147. The van der Waals surface area contributed by atoms with Gasteiger partial charge in [0.1, 0.15) is 0 Å². The van der Waals surface area contributed by atoms with Crippen LogP contribution in [0.4, 0.5) is 0 Å². The van der Waals surface area contributed by atoms with E-state index in [0.29, 0.717) is 0 Å². The maximum atomic E-state index is 3.66. The lowest BCUT2D eigenvalue weighted by atomic mass is 9.99. The molecule has 0 saturated heterocycles. The molecule has 20 heavy (non-hydrogen) atoms. The second-order valence-corrected chi connectivity index (χ2v) is 6.18. The fourth-order valence-electron chi connectivity index (χ4n) is 2.82. The summed E-state index contributed by atoms with van der Waals surface area (Å²) < 4.78 is 1.26. The van der Waals surface area contributed by atoms with Crippen molar-refractivity contribution in [2.24, 2.45) is 0 Å². The highest BCUT2D eigenvalue weighted by Crippen LogP contribution is 2.27. The molecular weight excluding hydrogens is 334 g/mol. The van der Waals surface area contributed by atoms with Crippen molar-refractivity contribution in [2.75, 3.05) is 6.54 Å². The van der Waals surface area contributed by atoms with E-state index in [1.165, 1.54) is 26.7 Å². The molecule has 1 nitrogen and oxygen atoms in total. The van der Waals surface area contributed by atoms with Gasteiger partial charge in [0.25, 0.3) is 0 Å². The van der Waals surface area contributed by atoms with Crippen LogP contribution in [-0.4, -0.2) is 11.4 Å². The highest BCUT2D eigenvalue weighted by atomic mass is 79.9. The summed E-state index contributed by atoms with van der Waals surface area (Å²) in [7, 11) is 0. The predicted molar refractivity (Wildman–Crippen MR) is 90.4 cm³/mol. The Hall–Kier alpha value is -0.830. The van der Waals surface area contributed by atoms with Crippen molar-refractivity contribution in [1.29, 1.82) is 0 Å². The smallest absolute Gasteiger partial charge is 0.0240 e. The zero-order valence-electron chi connectivity index (χ0n) is 11.6. The lowest BCUT2D eigenvalue weighted by Gasteiger charge is -2.29. The second kappa shape index (κ2) is 6.75. The van der Waals surface area contributed by atoms with Crippen molar-refractivity contribution >= 4 is 28.3 Å². The van der Waals surface area contributed by atoms with E-state index in [2.05, 4.69) is 70.2 Å². The highest BCUT2D eigenvalue weighted by molar-refractivity contribution is 9.10. The van der Waals surface area contributed by atoms with Gasteiger partial charge in [-0.3, -0.25) is 4.90 Å². The highest BCUT2D eigenvalue weighted by Gasteiger charge is 2.17. The minimum atomic E-state index is 0. The van der Waals surface area contributed by atoms with Crippen molar-refractivity contribution < 1.29 is 0 Å². The zero-order valence-corrected chi connectivity index (χ0v) is 14.0. The molecule has 0 saturated carbocycles. The van der Waals surface area contributed by atoms with Gasteiger partial charge in [0.2, 0.25) is 0 Å². The molecule has 106 valence electrons. The van der Waals surface area contributed by atoms with Crippen LogP contribution in [0.3, 0.4) is 0 Å².